The molecule has 0 amide bonds. The zero-order valence-electron chi connectivity index (χ0n) is 14.0. The van der Waals surface area contributed by atoms with E-state index in [4.69, 9.17) is 9.47 Å². The van der Waals surface area contributed by atoms with E-state index in [-0.39, 0.29) is 0 Å². The maximum atomic E-state index is 5.49. The molecule has 2 saturated heterocycles. The first-order valence-electron chi connectivity index (χ1n) is 8.37. The van der Waals surface area contributed by atoms with Gasteiger partial charge in [-0.1, -0.05) is 12.5 Å². The summed E-state index contributed by atoms with van der Waals surface area (Å²) in [7, 11) is 5.71. The van der Waals surface area contributed by atoms with Gasteiger partial charge in [0.25, 0.3) is 0 Å². The standard InChI is InChI=1S/C18H28N2O2/c1-20-15-5-4-6-16(20)10-14(9-15)19-12-13-7-8-17(21-2)11-18(13)22-3/h7-8,11,14-16,19H,4-6,9-10,12H2,1-3H3. The molecule has 0 aromatic heterocycles. The van der Waals surface area contributed by atoms with Gasteiger partial charge in [0, 0.05) is 36.3 Å². The van der Waals surface area contributed by atoms with E-state index in [2.05, 4.69) is 23.3 Å². The Morgan fingerprint density at radius 2 is 1.86 bits per heavy atom. The lowest BCUT2D eigenvalue weighted by molar-refractivity contribution is 0.0482. The van der Waals surface area contributed by atoms with Crippen LogP contribution in [0.25, 0.3) is 0 Å². The number of nitrogens with one attached hydrogen (secondary N) is 1. The van der Waals surface area contributed by atoms with Crippen molar-refractivity contribution in [2.24, 2.45) is 0 Å². The molecule has 2 heterocycles. The molecule has 1 N–H and O–H groups in total. The second kappa shape index (κ2) is 6.88. The van der Waals surface area contributed by atoms with Gasteiger partial charge in [-0.25, -0.2) is 0 Å². The molecule has 122 valence electrons. The second-order valence-electron chi connectivity index (χ2n) is 6.63. The predicted molar refractivity (Wildman–Crippen MR) is 88.6 cm³/mol. The number of hydrogen-bond donors (Lipinski definition) is 1. The molecular weight excluding hydrogens is 276 g/mol. The SMILES string of the molecule is COc1ccc(CNC2CC3CCCC(C2)N3C)c(OC)c1. The van der Waals surface area contributed by atoms with Crippen molar-refractivity contribution in [3.05, 3.63) is 23.8 Å². The molecule has 2 aliphatic heterocycles. The van der Waals surface area contributed by atoms with Gasteiger partial charge in [-0.3, -0.25) is 0 Å². The Morgan fingerprint density at radius 3 is 2.50 bits per heavy atom. The van der Waals surface area contributed by atoms with Crippen LogP contribution < -0.4 is 14.8 Å². The van der Waals surface area contributed by atoms with Crippen LogP contribution in [0.15, 0.2) is 18.2 Å². The van der Waals surface area contributed by atoms with Crippen molar-refractivity contribution in [1.29, 1.82) is 0 Å². The van der Waals surface area contributed by atoms with E-state index in [9.17, 15) is 0 Å². The van der Waals surface area contributed by atoms with E-state index in [1.807, 2.05) is 12.1 Å². The van der Waals surface area contributed by atoms with Crippen LogP contribution in [-0.2, 0) is 6.54 Å². The zero-order chi connectivity index (χ0) is 15.5. The van der Waals surface area contributed by atoms with Gasteiger partial charge in [0.05, 0.1) is 14.2 Å². The highest BCUT2D eigenvalue weighted by atomic mass is 16.5. The minimum Gasteiger partial charge on any atom is -0.497 e. The summed E-state index contributed by atoms with van der Waals surface area (Å²) in [5.41, 5.74) is 1.20. The first kappa shape index (κ1) is 15.6. The first-order valence-corrected chi connectivity index (χ1v) is 8.37. The molecule has 22 heavy (non-hydrogen) atoms. The molecule has 0 spiro atoms. The Morgan fingerprint density at radius 1 is 1.14 bits per heavy atom. The summed E-state index contributed by atoms with van der Waals surface area (Å²) in [5, 5.41) is 3.75. The van der Waals surface area contributed by atoms with Gasteiger partial charge in [-0.2, -0.15) is 0 Å². The Kier molecular flexibility index (Phi) is 4.89. The van der Waals surface area contributed by atoms with Crippen molar-refractivity contribution in [1.82, 2.24) is 10.2 Å². The van der Waals surface area contributed by atoms with Crippen LogP contribution in [0, 0.1) is 0 Å². The Hall–Kier alpha value is -1.26. The van der Waals surface area contributed by atoms with Crippen LogP contribution in [0.3, 0.4) is 0 Å². The lowest BCUT2D eigenvalue weighted by atomic mass is 9.82. The molecule has 2 atom stereocenters. The normalized spacial score (nSPS) is 28.4. The summed E-state index contributed by atoms with van der Waals surface area (Å²) < 4.78 is 10.8. The van der Waals surface area contributed by atoms with Gasteiger partial charge < -0.3 is 19.7 Å². The predicted octanol–water partition coefficient (Wildman–Crippen LogP) is 2.81. The number of piperidine rings is 2. The fraction of sp³-hybridized carbons (Fsp3) is 0.667. The Labute approximate surface area is 133 Å². The van der Waals surface area contributed by atoms with Crippen molar-refractivity contribution in [3.8, 4) is 11.5 Å². The minimum absolute atomic E-state index is 0.623. The lowest BCUT2D eigenvalue weighted by Crippen LogP contribution is -2.54. The number of ether oxygens (including phenoxy) is 2. The molecular formula is C18H28N2O2. The molecule has 2 bridgehead atoms. The van der Waals surface area contributed by atoms with Crippen LogP contribution in [0.4, 0.5) is 0 Å². The molecule has 1 aromatic carbocycles. The number of nitrogens with zero attached hydrogens (tertiary/aromatic N) is 1. The molecule has 4 heteroatoms. The summed E-state index contributed by atoms with van der Waals surface area (Å²) in [4.78, 5) is 2.61. The van der Waals surface area contributed by atoms with Crippen LogP contribution in [0.1, 0.15) is 37.7 Å². The average Bonchev–Trinajstić information content (AvgIpc) is 2.53. The van der Waals surface area contributed by atoms with Gasteiger partial charge in [-0.15, -0.1) is 0 Å². The third kappa shape index (κ3) is 3.23. The molecule has 0 radical (unpaired) electrons. The fourth-order valence-corrected chi connectivity index (χ4v) is 4.03. The summed E-state index contributed by atoms with van der Waals surface area (Å²) in [6, 6.07) is 8.22. The van der Waals surface area contributed by atoms with Crippen molar-refractivity contribution in [2.45, 2.75) is 56.8 Å². The summed E-state index contributed by atoms with van der Waals surface area (Å²) >= 11 is 0. The van der Waals surface area contributed by atoms with E-state index in [0.29, 0.717) is 6.04 Å². The van der Waals surface area contributed by atoms with Crippen LogP contribution in [-0.4, -0.2) is 44.3 Å². The summed E-state index contributed by atoms with van der Waals surface area (Å²) in [6.07, 6.45) is 6.66. The lowest BCUT2D eigenvalue weighted by Gasteiger charge is -2.47. The van der Waals surface area contributed by atoms with Crippen molar-refractivity contribution in [2.75, 3.05) is 21.3 Å². The minimum atomic E-state index is 0.623. The highest BCUT2D eigenvalue weighted by molar-refractivity contribution is 5.40. The van der Waals surface area contributed by atoms with Crippen molar-refractivity contribution < 1.29 is 9.47 Å². The van der Waals surface area contributed by atoms with E-state index in [1.165, 1.54) is 37.7 Å². The van der Waals surface area contributed by atoms with Crippen LogP contribution in [0.2, 0.25) is 0 Å². The van der Waals surface area contributed by atoms with E-state index in [1.54, 1.807) is 14.2 Å². The van der Waals surface area contributed by atoms with E-state index < -0.39 is 0 Å². The van der Waals surface area contributed by atoms with Gasteiger partial charge in [-0.05, 0) is 38.8 Å². The van der Waals surface area contributed by atoms with Crippen molar-refractivity contribution >= 4 is 0 Å². The molecule has 3 rings (SSSR count). The van der Waals surface area contributed by atoms with E-state index in [0.717, 1.165) is 30.1 Å². The molecule has 1 aromatic rings. The largest absolute Gasteiger partial charge is 0.497 e. The molecule has 2 aliphatic rings. The van der Waals surface area contributed by atoms with Crippen LogP contribution >= 0.6 is 0 Å². The van der Waals surface area contributed by atoms with Crippen LogP contribution in [0.5, 0.6) is 11.5 Å². The fourth-order valence-electron chi connectivity index (χ4n) is 4.03. The number of methoxy groups -OCH3 is 2. The maximum Gasteiger partial charge on any atom is 0.127 e. The first-order chi connectivity index (χ1) is 10.7. The monoisotopic (exact) mass is 304 g/mol. The number of fused-ring (bicyclic) bond motifs is 2. The van der Waals surface area contributed by atoms with Gasteiger partial charge in [0.15, 0.2) is 0 Å². The average molecular weight is 304 g/mol. The molecule has 2 fully saturated rings. The number of hydrogen-bond acceptors (Lipinski definition) is 4. The highest BCUT2D eigenvalue weighted by Crippen LogP contribution is 2.33. The maximum absolute atomic E-state index is 5.49. The topological polar surface area (TPSA) is 33.7 Å². The Balaban J connectivity index is 1.61. The number of benzene rings is 1. The number of rotatable bonds is 5. The molecule has 0 saturated carbocycles. The zero-order valence-corrected chi connectivity index (χ0v) is 14.0. The van der Waals surface area contributed by atoms with Crippen molar-refractivity contribution in [3.63, 3.8) is 0 Å². The quantitative estimate of drug-likeness (QED) is 0.907. The molecule has 4 nitrogen and oxygen atoms in total. The van der Waals surface area contributed by atoms with E-state index >= 15 is 0 Å². The smallest absolute Gasteiger partial charge is 0.127 e. The highest BCUT2D eigenvalue weighted by Gasteiger charge is 2.35. The third-order valence-corrected chi connectivity index (χ3v) is 5.42. The van der Waals surface area contributed by atoms with Gasteiger partial charge in [0.2, 0.25) is 0 Å². The molecule has 0 aliphatic carbocycles. The third-order valence-electron chi connectivity index (χ3n) is 5.42. The second-order valence-corrected chi connectivity index (χ2v) is 6.63. The van der Waals surface area contributed by atoms with Gasteiger partial charge >= 0.3 is 0 Å². The summed E-state index contributed by atoms with van der Waals surface area (Å²) in [5.74, 6) is 1.74. The van der Waals surface area contributed by atoms with Gasteiger partial charge in [0.1, 0.15) is 11.5 Å². The summed E-state index contributed by atoms with van der Waals surface area (Å²) in [6.45, 7) is 0.862. The molecule has 2 unspecified atom stereocenters. The Bertz CT molecular complexity index is 492.